The monoisotopic (exact) mass is 373 g/mol. The largest absolute Gasteiger partial charge is 0.487 e. The lowest BCUT2D eigenvalue weighted by molar-refractivity contribution is -0.135. The first-order valence-corrected chi connectivity index (χ1v) is 8.11. The quantitative estimate of drug-likeness (QED) is 0.431. The van der Waals surface area contributed by atoms with E-state index in [0.717, 1.165) is 16.7 Å². The van der Waals surface area contributed by atoms with Crippen molar-refractivity contribution in [1.29, 1.82) is 5.26 Å². The molecule has 6 heteroatoms. The zero-order valence-electron chi connectivity index (χ0n) is 14.6. The molecule has 26 heavy (non-hydrogen) atoms. The van der Waals surface area contributed by atoms with Crippen LogP contribution < -0.4 is 4.74 Å². The molecule has 0 aliphatic heterocycles. The van der Waals surface area contributed by atoms with Crippen LogP contribution in [0.25, 0.3) is 6.08 Å². The van der Waals surface area contributed by atoms with Gasteiger partial charge < -0.3 is 9.47 Å². The van der Waals surface area contributed by atoms with Crippen LogP contribution in [0.4, 0.5) is 4.39 Å². The van der Waals surface area contributed by atoms with Gasteiger partial charge in [0.1, 0.15) is 29.8 Å². The van der Waals surface area contributed by atoms with E-state index in [1.165, 1.54) is 31.4 Å². The predicted molar refractivity (Wildman–Crippen MR) is 97.3 cm³/mol. The van der Waals surface area contributed by atoms with Crippen LogP contribution in [0.3, 0.4) is 0 Å². The number of rotatable bonds is 5. The van der Waals surface area contributed by atoms with Crippen molar-refractivity contribution in [3.8, 4) is 11.8 Å². The first-order valence-electron chi connectivity index (χ1n) is 7.73. The van der Waals surface area contributed by atoms with E-state index in [9.17, 15) is 9.18 Å². The number of esters is 1. The maximum Gasteiger partial charge on any atom is 0.348 e. The highest BCUT2D eigenvalue weighted by atomic mass is 35.5. The summed E-state index contributed by atoms with van der Waals surface area (Å²) in [5.41, 5.74) is 3.36. The molecule has 0 amide bonds. The summed E-state index contributed by atoms with van der Waals surface area (Å²) in [6.07, 6.45) is 1.48. The van der Waals surface area contributed by atoms with Crippen LogP contribution in [0.15, 0.2) is 35.9 Å². The molecule has 0 N–H and O–H groups in total. The van der Waals surface area contributed by atoms with Crippen LogP contribution in [0.1, 0.15) is 22.3 Å². The Kier molecular flexibility index (Phi) is 6.37. The number of methoxy groups -OCH3 is 1. The summed E-state index contributed by atoms with van der Waals surface area (Å²) in [5.74, 6) is -0.756. The van der Waals surface area contributed by atoms with E-state index >= 15 is 0 Å². The molecule has 0 atom stereocenters. The first kappa shape index (κ1) is 19.5. The van der Waals surface area contributed by atoms with Crippen LogP contribution in [0.2, 0.25) is 5.02 Å². The van der Waals surface area contributed by atoms with Crippen molar-refractivity contribution < 1.29 is 18.7 Å². The number of ether oxygens (including phenoxy) is 2. The van der Waals surface area contributed by atoms with Crippen molar-refractivity contribution in [3.05, 3.63) is 69.0 Å². The van der Waals surface area contributed by atoms with Crippen LogP contribution >= 0.6 is 11.6 Å². The maximum absolute atomic E-state index is 13.1. The molecule has 0 aliphatic rings. The van der Waals surface area contributed by atoms with Gasteiger partial charge in [0.15, 0.2) is 0 Å². The number of carbonyl (C=O) groups is 1. The fourth-order valence-electron chi connectivity index (χ4n) is 2.38. The van der Waals surface area contributed by atoms with Crippen molar-refractivity contribution in [3.63, 3.8) is 0 Å². The lowest BCUT2D eigenvalue weighted by atomic mass is 9.98. The summed E-state index contributed by atoms with van der Waals surface area (Å²) in [4.78, 5) is 11.6. The summed E-state index contributed by atoms with van der Waals surface area (Å²) in [6.45, 7) is 4.02. The third-order valence-electron chi connectivity index (χ3n) is 3.83. The number of hydrogen-bond donors (Lipinski definition) is 0. The number of nitriles is 1. The summed E-state index contributed by atoms with van der Waals surface area (Å²) >= 11 is 5.97. The summed E-state index contributed by atoms with van der Waals surface area (Å²) in [5, 5.41) is 9.31. The van der Waals surface area contributed by atoms with Gasteiger partial charge in [-0.25, -0.2) is 9.18 Å². The molecule has 4 nitrogen and oxygen atoms in total. The Bertz CT molecular complexity index is 916. The normalized spacial score (nSPS) is 11.0. The Morgan fingerprint density at radius 2 is 2.00 bits per heavy atom. The molecule has 0 saturated heterocycles. The lowest BCUT2D eigenvalue weighted by Gasteiger charge is -2.13. The van der Waals surface area contributed by atoms with E-state index in [2.05, 4.69) is 4.74 Å². The van der Waals surface area contributed by atoms with Gasteiger partial charge in [-0.3, -0.25) is 0 Å². The fraction of sp³-hybridized carbons (Fsp3) is 0.200. The molecule has 2 rings (SSSR count). The van der Waals surface area contributed by atoms with Gasteiger partial charge in [-0.05, 0) is 66.4 Å². The highest BCUT2D eigenvalue weighted by molar-refractivity contribution is 6.32. The molecular formula is C20H17ClFNO3. The minimum Gasteiger partial charge on any atom is -0.487 e. The topological polar surface area (TPSA) is 59.3 Å². The lowest BCUT2D eigenvalue weighted by Crippen LogP contribution is -2.04. The Hall–Kier alpha value is -2.84. The first-order chi connectivity index (χ1) is 12.3. The second-order valence-electron chi connectivity index (χ2n) is 5.66. The zero-order chi connectivity index (χ0) is 19.3. The molecule has 2 aromatic carbocycles. The van der Waals surface area contributed by atoms with Gasteiger partial charge >= 0.3 is 5.97 Å². The predicted octanol–water partition coefficient (Wildman–Crippen LogP) is 4.75. The van der Waals surface area contributed by atoms with Crippen LogP contribution in [-0.4, -0.2) is 13.1 Å². The Morgan fingerprint density at radius 1 is 1.27 bits per heavy atom. The van der Waals surface area contributed by atoms with E-state index in [0.29, 0.717) is 11.3 Å². The number of nitrogens with zero attached hydrogens (tertiary/aromatic N) is 1. The van der Waals surface area contributed by atoms with Crippen LogP contribution in [0.5, 0.6) is 5.75 Å². The van der Waals surface area contributed by atoms with E-state index in [1.54, 1.807) is 0 Å². The molecule has 0 saturated carbocycles. The van der Waals surface area contributed by atoms with E-state index < -0.39 is 11.8 Å². The third kappa shape index (κ3) is 4.62. The Morgan fingerprint density at radius 3 is 2.62 bits per heavy atom. The maximum atomic E-state index is 13.1. The number of benzene rings is 2. The van der Waals surface area contributed by atoms with Gasteiger partial charge in [0, 0.05) is 0 Å². The van der Waals surface area contributed by atoms with Gasteiger partial charge in [-0.1, -0.05) is 17.7 Å². The summed E-state index contributed by atoms with van der Waals surface area (Å²) in [7, 11) is 1.22. The smallest absolute Gasteiger partial charge is 0.348 e. The SMILES string of the molecule is COC(=O)/C(C#N)=C/c1cc(COc2ccc(F)cc2Cl)c(C)cc1C. The molecule has 0 unspecified atom stereocenters. The summed E-state index contributed by atoms with van der Waals surface area (Å²) < 4.78 is 23.4. The second-order valence-corrected chi connectivity index (χ2v) is 6.07. The van der Waals surface area contributed by atoms with Crippen molar-refractivity contribution in [2.24, 2.45) is 0 Å². The van der Waals surface area contributed by atoms with Gasteiger partial charge in [0.05, 0.1) is 12.1 Å². The highest BCUT2D eigenvalue weighted by Gasteiger charge is 2.11. The van der Waals surface area contributed by atoms with Gasteiger partial charge in [-0.15, -0.1) is 0 Å². The molecule has 0 fully saturated rings. The molecule has 0 heterocycles. The minimum absolute atomic E-state index is 0.0899. The van der Waals surface area contributed by atoms with Gasteiger partial charge in [0.2, 0.25) is 0 Å². The molecule has 2 aromatic rings. The van der Waals surface area contributed by atoms with Crippen LogP contribution in [0, 0.1) is 31.0 Å². The van der Waals surface area contributed by atoms with E-state index in [-0.39, 0.29) is 17.2 Å². The molecule has 0 aliphatic carbocycles. The number of halogens is 2. The average Bonchev–Trinajstić information content (AvgIpc) is 2.60. The standard InChI is InChI=1S/C20H17ClFNO3/c1-12-6-13(2)16(8-14(12)7-15(10-23)20(24)25-3)11-26-19-5-4-17(22)9-18(19)21/h4-9H,11H2,1-3H3/b15-7+. The number of aryl methyl sites for hydroxylation is 2. The summed E-state index contributed by atoms with van der Waals surface area (Å²) in [6, 6.07) is 9.52. The van der Waals surface area contributed by atoms with Crippen molar-refractivity contribution in [2.75, 3.05) is 7.11 Å². The fourth-order valence-corrected chi connectivity index (χ4v) is 2.60. The minimum atomic E-state index is -0.691. The Labute approximate surface area is 156 Å². The van der Waals surface area contributed by atoms with E-state index in [4.69, 9.17) is 21.6 Å². The number of carbonyl (C=O) groups excluding carboxylic acids is 1. The molecule has 0 spiro atoms. The van der Waals surface area contributed by atoms with Gasteiger partial charge in [0.25, 0.3) is 0 Å². The van der Waals surface area contributed by atoms with Gasteiger partial charge in [-0.2, -0.15) is 5.26 Å². The molecule has 0 bridgehead atoms. The molecule has 0 aromatic heterocycles. The number of hydrogen-bond acceptors (Lipinski definition) is 4. The van der Waals surface area contributed by atoms with E-state index in [1.807, 2.05) is 32.0 Å². The van der Waals surface area contributed by atoms with Crippen LogP contribution in [-0.2, 0) is 16.1 Å². The second kappa shape index (κ2) is 8.50. The Balaban J connectivity index is 2.31. The third-order valence-corrected chi connectivity index (χ3v) is 4.12. The molecule has 134 valence electrons. The average molecular weight is 374 g/mol. The highest BCUT2D eigenvalue weighted by Crippen LogP contribution is 2.27. The molecule has 0 radical (unpaired) electrons. The molecular weight excluding hydrogens is 357 g/mol. The van der Waals surface area contributed by atoms with Crippen molar-refractivity contribution in [2.45, 2.75) is 20.5 Å². The van der Waals surface area contributed by atoms with Crippen molar-refractivity contribution in [1.82, 2.24) is 0 Å². The van der Waals surface area contributed by atoms with Crippen molar-refractivity contribution >= 4 is 23.6 Å². The zero-order valence-corrected chi connectivity index (χ0v) is 15.4.